The van der Waals surface area contributed by atoms with Crippen LogP contribution in [0.2, 0.25) is 0 Å². The average Bonchev–Trinajstić information content (AvgIpc) is 2.42. The Morgan fingerprint density at radius 1 is 1.12 bits per heavy atom. The van der Waals surface area contributed by atoms with E-state index in [1.807, 2.05) is 12.1 Å². The molecule has 1 heterocycles. The van der Waals surface area contributed by atoms with Crippen molar-refractivity contribution in [3.8, 4) is 0 Å². The molecule has 1 aliphatic rings. The summed E-state index contributed by atoms with van der Waals surface area (Å²) in [6.07, 6.45) is -0.603. The largest absolute Gasteiger partial charge is 0.443 e. The van der Waals surface area contributed by atoms with Crippen LogP contribution in [-0.4, -0.2) is 11.7 Å². The Morgan fingerprint density at radius 3 is 2.46 bits per heavy atom. The summed E-state index contributed by atoms with van der Waals surface area (Å²) >= 11 is 8.15. The summed E-state index contributed by atoms with van der Waals surface area (Å²) in [5, 5.41) is 0. The van der Waals surface area contributed by atoms with Gasteiger partial charge in [-0.15, -0.1) is 0 Å². The summed E-state index contributed by atoms with van der Waals surface area (Å²) in [5.41, 5.74) is 0.141. The molecule has 24 heavy (non-hydrogen) atoms. The molecule has 0 spiro atoms. The number of carbonyl (C=O) groups excluding carboxylic acids is 1. The number of hydrogen-bond acceptors (Lipinski definition) is 3. The van der Waals surface area contributed by atoms with E-state index < -0.39 is 17.5 Å². The fraction of sp³-hybridized carbons (Fsp3) is 0.235. The van der Waals surface area contributed by atoms with Crippen LogP contribution in [0.5, 0.6) is 0 Å². The number of rotatable bonds is 0. The van der Waals surface area contributed by atoms with E-state index in [4.69, 9.17) is 4.74 Å². The van der Waals surface area contributed by atoms with Crippen molar-refractivity contribution in [3.05, 3.63) is 45.1 Å². The van der Waals surface area contributed by atoms with Gasteiger partial charge >= 0.3 is 6.09 Å². The van der Waals surface area contributed by atoms with Crippen molar-refractivity contribution in [1.29, 1.82) is 0 Å². The van der Waals surface area contributed by atoms with E-state index in [1.54, 1.807) is 32.9 Å². The van der Waals surface area contributed by atoms with Crippen molar-refractivity contribution in [2.24, 2.45) is 0 Å². The van der Waals surface area contributed by atoms with Gasteiger partial charge in [0.05, 0.1) is 5.69 Å². The third-order valence-corrected chi connectivity index (χ3v) is 5.20. The number of hydrogen-bond donors (Lipinski definition) is 0. The number of ether oxygens (including phenoxy) is 1. The lowest BCUT2D eigenvalue weighted by atomic mass is 10.2. The third-order valence-electron chi connectivity index (χ3n) is 3.18. The normalized spacial score (nSPS) is 13.3. The SMILES string of the molecule is CC(C)(C)OC(=O)N1c2ccc(Br)cc2Sc2cc(Br)cc(F)c21. The Hall–Kier alpha value is -1.05. The summed E-state index contributed by atoms with van der Waals surface area (Å²) in [7, 11) is 0. The van der Waals surface area contributed by atoms with Gasteiger partial charge in [-0.25, -0.2) is 14.1 Å². The zero-order chi connectivity index (χ0) is 17.6. The molecule has 7 heteroatoms. The number of benzene rings is 2. The molecule has 3 rings (SSSR count). The van der Waals surface area contributed by atoms with Crippen molar-refractivity contribution >= 4 is 61.1 Å². The number of halogens is 3. The van der Waals surface area contributed by atoms with E-state index in [0.717, 1.165) is 9.37 Å². The predicted octanol–water partition coefficient (Wildman–Crippen LogP) is 6.89. The Bertz CT molecular complexity index is 836. The maximum Gasteiger partial charge on any atom is 0.419 e. The van der Waals surface area contributed by atoms with Crippen LogP contribution in [-0.2, 0) is 4.74 Å². The van der Waals surface area contributed by atoms with Gasteiger partial charge in [-0.2, -0.15) is 0 Å². The van der Waals surface area contributed by atoms with Crippen molar-refractivity contribution in [2.75, 3.05) is 4.90 Å². The summed E-state index contributed by atoms with van der Waals surface area (Å²) in [4.78, 5) is 15.6. The Balaban J connectivity index is 2.18. The summed E-state index contributed by atoms with van der Waals surface area (Å²) in [6, 6.07) is 8.64. The van der Waals surface area contributed by atoms with Crippen LogP contribution < -0.4 is 4.90 Å². The highest BCUT2D eigenvalue weighted by molar-refractivity contribution is 9.10. The van der Waals surface area contributed by atoms with Gasteiger partial charge in [-0.3, -0.25) is 0 Å². The highest BCUT2D eigenvalue weighted by Gasteiger charge is 2.34. The van der Waals surface area contributed by atoms with E-state index in [-0.39, 0.29) is 5.69 Å². The third kappa shape index (κ3) is 3.48. The fourth-order valence-electron chi connectivity index (χ4n) is 2.33. The van der Waals surface area contributed by atoms with Gasteiger partial charge in [0.15, 0.2) is 0 Å². The minimum atomic E-state index is -0.677. The van der Waals surface area contributed by atoms with Crippen LogP contribution in [0, 0.1) is 5.82 Å². The number of nitrogens with zero attached hydrogens (tertiary/aromatic N) is 1. The minimum Gasteiger partial charge on any atom is -0.443 e. The Morgan fingerprint density at radius 2 is 1.79 bits per heavy atom. The highest BCUT2D eigenvalue weighted by atomic mass is 79.9. The molecule has 1 aliphatic heterocycles. The zero-order valence-corrected chi connectivity index (χ0v) is 17.2. The Kier molecular flexibility index (Phi) is 4.70. The topological polar surface area (TPSA) is 29.5 Å². The van der Waals surface area contributed by atoms with Crippen molar-refractivity contribution < 1.29 is 13.9 Å². The molecule has 0 unspecified atom stereocenters. The molecule has 0 bridgehead atoms. The molecule has 0 N–H and O–H groups in total. The molecule has 126 valence electrons. The van der Waals surface area contributed by atoms with E-state index >= 15 is 0 Å². The molecule has 0 aliphatic carbocycles. The molecule has 0 fully saturated rings. The molecular weight excluding hydrogens is 461 g/mol. The van der Waals surface area contributed by atoms with Crippen molar-refractivity contribution in [2.45, 2.75) is 36.2 Å². The molecule has 2 aromatic rings. The lowest BCUT2D eigenvalue weighted by molar-refractivity contribution is 0.0596. The molecule has 3 nitrogen and oxygen atoms in total. The van der Waals surface area contributed by atoms with E-state index in [1.165, 1.54) is 22.7 Å². The monoisotopic (exact) mass is 473 g/mol. The molecule has 1 amide bonds. The van der Waals surface area contributed by atoms with Crippen LogP contribution in [0.4, 0.5) is 20.6 Å². The van der Waals surface area contributed by atoms with Crippen LogP contribution >= 0.6 is 43.6 Å². The average molecular weight is 475 g/mol. The zero-order valence-electron chi connectivity index (χ0n) is 13.2. The fourth-order valence-corrected chi connectivity index (χ4v) is 4.58. The molecule has 0 radical (unpaired) electrons. The van der Waals surface area contributed by atoms with Gasteiger partial charge in [-0.1, -0.05) is 43.6 Å². The molecule has 0 saturated heterocycles. The quantitative estimate of drug-likeness (QED) is 0.416. The first kappa shape index (κ1) is 17.8. The first-order valence-corrected chi connectivity index (χ1v) is 9.55. The second kappa shape index (κ2) is 6.35. The molecule has 0 aromatic heterocycles. The van der Waals surface area contributed by atoms with Gasteiger partial charge in [-0.05, 0) is 51.1 Å². The standard InChI is InChI=1S/C17H14Br2FNO2S/c1-17(2,3)23-16(22)21-12-5-4-9(18)7-13(12)24-14-8-10(19)6-11(20)15(14)21/h4-8H,1-3H3. The Labute approximate surface area is 160 Å². The lowest BCUT2D eigenvalue weighted by Crippen LogP contribution is -2.35. The van der Waals surface area contributed by atoms with Gasteiger partial charge in [0.1, 0.15) is 17.1 Å². The summed E-state index contributed by atoms with van der Waals surface area (Å²) in [5.74, 6) is -0.480. The van der Waals surface area contributed by atoms with E-state index in [2.05, 4.69) is 31.9 Å². The number of amides is 1. The number of anilines is 2. The van der Waals surface area contributed by atoms with E-state index in [0.29, 0.717) is 15.1 Å². The van der Waals surface area contributed by atoms with E-state index in [9.17, 15) is 9.18 Å². The van der Waals surface area contributed by atoms with Crippen molar-refractivity contribution in [1.82, 2.24) is 0 Å². The molecule has 2 aromatic carbocycles. The first-order chi connectivity index (χ1) is 11.2. The molecule has 0 saturated carbocycles. The van der Waals surface area contributed by atoms with Crippen LogP contribution in [0.25, 0.3) is 0 Å². The molecular formula is C17H14Br2FNO2S. The second-order valence-electron chi connectivity index (χ2n) is 6.26. The van der Waals surface area contributed by atoms with Crippen molar-refractivity contribution in [3.63, 3.8) is 0 Å². The summed E-state index contributed by atoms with van der Waals surface area (Å²) < 4.78 is 21.6. The van der Waals surface area contributed by atoms with Gasteiger partial charge in [0.25, 0.3) is 0 Å². The number of fused-ring (bicyclic) bond motifs is 2. The number of carbonyl (C=O) groups is 1. The van der Waals surface area contributed by atoms with Gasteiger partial charge < -0.3 is 4.74 Å². The maximum absolute atomic E-state index is 14.6. The lowest BCUT2D eigenvalue weighted by Gasteiger charge is -2.33. The maximum atomic E-state index is 14.6. The van der Waals surface area contributed by atoms with Gasteiger partial charge in [0, 0.05) is 18.7 Å². The minimum absolute atomic E-state index is 0.215. The van der Waals surface area contributed by atoms with Crippen LogP contribution in [0.1, 0.15) is 20.8 Å². The molecule has 0 atom stereocenters. The van der Waals surface area contributed by atoms with Crippen LogP contribution in [0.3, 0.4) is 0 Å². The smallest absolute Gasteiger partial charge is 0.419 e. The second-order valence-corrected chi connectivity index (χ2v) is 9.18. The highest BCUT2D eigenvalue weighted by Crippen LogP contribution is 2.51. The van der Waals surface area contributed by atoms with Crippen LogP contribution in [0.15, 0.2) is 49.1 Å². The summed E-state index contributed by atoms with van der Waals surface area (Å²) in [6.45, 7) is 5.35. The predicted molar refractivity (Wildman–Crippen MR) is 101 cm³/mol. The first-order valence-electron chi connectivity index (χ1n) is 7.15. The van der Waals surface area contributed by atoms with Gasteiger partial charge in [0.2, 0.25) is 0 Å².